The summed E-state index contributed by atoms with van der Waals surface area (Å²) in [6.45, 7) is 4.20. The summed E-state index contributed by atoms with van der Waals surface area (Å²) < 4.78 is 11.4. The molecule has 3 aromatic rings. The molecule has 0 N–H and O–H groups in total. The number of rotatable bonds is 5. The van der Waals surface area contributed by atoms with E-state index in [2.05, 4.69) is 13.8 Å². The summed E-state index contributed by atoms with van der Waals surface area (Å²) in [5.74, 6) is 1.58. The third-order valence-corrected chi connectivity index (χ3v) is 3.82. The number of para-hydroxylation sites is 2. The van der Waals surface area contributed by atoms with Crippen LogP contribution in [0.2, 0.25) is 0 Å². The van der Waals surface area contributed by atoms with Gasteiger partial charge in [0.15, 0.2) is 0 Å². The van der Waals surface area contributed by atoms with Crippen LogP contribution in [0.5, 0.6) is 17.2 Å². The molecule has 0 bridgehead atoms. The van der Waals surface area contributed by atoms with E-state index in [0.717, 1.165) is 5.56 Å². The smallest absolute Gasteiger partial charge is 0.347 e. The lowest BCUT2D eigenvalue weighted by Crippen LogP contribution is -2.10. The maximum Gasteiger partial charge on any atom is 0.347 e. The van der Waals surface area contributed by atoms with Crippen LogP contribution in [0.4, 0.5) is 0 Å². The number of hydrogen-bond acceptors (Lipinski definition) is 3. The fraction of sp³-hybridized carbons (Fsp3) is 0.136. The summed E-state index contributed by atoms with van der Waals surface area (Å²) in [6, 6.07) is 24.0. The molecule has 0 fully saturated rings. The number of esters is 1. The minimum absolute atomic E-state index is 0.331. The molecule has 0 radical (unpaired) electrons. The molecular formula is C22H20O3. The highest BCUT2D eigenvalue weighted by Gasteiger charge is 2.17. The fourth-order valence-corrected chi connectivity index (χ4v) is 2.42. The second-order valence-corrected chi connectivity index (χ2v) is 6.03. The van der Waals surface area contributed by atoms with E-state index in [0.29, 0.717) is 28.7 Å². The zero-order chi connectivity index (χ0) is 17.6. The first-order chi connectivity index (χ1) is 12.1. The normalized spacial score (nSPS) is 10.5. The molecule has 0 amide bonds. The van der Waals surface area contributed by atoms with Crippen LogP contribution in [0.3, 0.4) is 0 Å². The second kappa shape index (κ2) is 7.67. The molecule has 0 aliphatic rings. The van der Waals surface area contributed by atoms with Crippen molar-refractivity contribution in [2.45, 2.75) is 19.8 Å². The van der Waals surface area contributed by atoms with Gasteiger partial charge in [-0.05, 0) is 47.9 Å². The van der Waals surface area contributed by atoms with Crippen LogP contribution in [-0.4, -0.2) is 5.97 Å². The van der Waals surface area contributed by atoms with Gasteiger partial charge < -0.3 is 9.47 Å². The Labute approximate surface area is 147 Å². The zero-order valence-corrected chi connectivity index (χ0v) is 14.3. The molecule has 0 spiro atoms. The fourth-order valence-electron chi connectivity index (χ4n) is 2.42. The Morgan fingerprint density at radius 1 is 0.800 bits per heavy atom. The maximum absolute atomic E-state index is 12.6. The van der Waals surface area contributed by atoms with Crippen molar-refractivity contribution >= 4 is 5.97 Å². The van der Waals surface area contributed by atoms with E-state index in [4.69, 9.17) is 9.47 Å². The highest BCUT2D eigenvalue weighted by molar-refractivity contribution is 5.94. The average Bonchev–Trinajstić information content (AvgIpc) is 2.63. The van der Waals surface area contributed by atoms with E-state index in [1.807, 2.05) is 60.7 Å². The minimum atomic E-state index is -0.438. The standard InChI is InChI=1S/C22H20O3/c1-16(2)17-13-14-20(22(23)25-19-11-7-4-8-12-19)21(15-17)24-18-9-5-3-6-10-18/h3-16H,1-2H3. The molecule has 0 saturated carbocycles. The van der Waals surface area contributed by atoms with Crippen molar-refractivity contribution in [1.29, 1.82) is 0 Å². The van der Waals surface area contributed by atoms with Gasteiger partial charge >= 0.3 is 5.97 Å². The quantitative estimate of drug-likeness (QED) is 0.436. The monoisotopic (exact) mass is 332 g/mol. The number of carbonyl (C=O) groups is 1. The molecule has 126 valence electrons. The van der Waals surface area contributed by atoms with Crippen LogP contribution in [0.1, 0.15) is 35.7 Å². The molecule has 3 aromatic carbocycles. The Bertz CT molecular complexity index is 840. The van der Waals surface area contributed by atoms with Gasteiger partial charge in [0.2, 0.25) is 0 Å². The van der Waals surface area contributed by atoms with Gasteiger partial charge in [0.1, 0.15) is 22.8 Å². The second-order valence-electron chi connectivity index (χ2n) is 6.03. The molecule has 0 aliphatic carbocycles. The Balaban J connectivity index is 1.93. The van der Waals surface area contributed by atoms with E-state index in [-0.39, 0.29) is 0 Å². The topological polar surface area (TPSA) is 35.5 Å². The van der Waals surface area contributed by atoms with Crippen LogP contribution in [0, 0.1) is 0 Å². The molecule has 0 aromatic heterocycles. The summed E-state index contributed by atoms with van der Waals surface area (Å²) in [5, 5.41) is 0. The molecule has 3 rings (SSSR count). The highest BCUT2D eigenvalue weighted by Crippen LogP contribution is 2.30. The molecule has 0 saturated heterocycles. The Morgan fingerprint density at radius 2 is 1.40 bits per heavy atom. The van der Waals surface area contributed by atoms with Crippen LogP contribution >= 0.6 is 0 Å². The van der Waals surface area contributed by atoms with Crippen LogP contribution in [0.15, 0.2) is 78.9 Å². The van der Waals surface area contributed by atoms with Crippen LogP contribution in [-0.2, 0) is 0 Å². The SMILES string of the molecule is CC(C)c1ccc(C(=O)Oc2ccccc2)c(Oc2ccccc2)c1. The average molecular weight is 332 g/mol. The first-order valence-electron chi connectivity index (χ1n) is 8.27. The van der Waals surface area contributed by atoms with Crippen molar-refractivity contribution in [1.82, 2.24) is 0 Å². The van der Waals surface area contributed by atoms with Gasteiger partial charge in [-0.25, -0.2) is 4.79 Å². The van der Waals surface area contributed by atoms with Gasteiger partial charge in [-0.3, -0.25) is 0 Å². The zero-order valence-electron chi connectivity index (χ0n) is 14.3. The molecule has 0 aliphatic heterocycles. The Morgan fingerprint density at radius 3 is 2.00 bits per heavy atom. The first kappa shape index (κ1) is 16.8. The maximum atomic E-state index is 12.6. The minimum Gasteiger partial charge on any atom is -0.456 e. The van der Waals surface area contributed by atoms with Gasteiger partial charge in [-0.1, -0.05) is 56.3 Å². The van der Waals surface area contributed by atoms with Gasteiger partial charge in [-0.15, -0.1) is 0 Å². The van der Waals surface area contributed by atoms with E-state index < -0.39 is 5.97 Å². The number of hydrogen-bond donors (Lipinski definition) is 0. The molecule has 3 heteroatoms. The highest BCUT2D eigenvalue weighted by atomic mass is 16.5. The predicted molar refractivity (Wildman–Crippen MR) is 98.4 cm³/mol. The number of benzene rings is 3. The third kappa shape index (κ3) is 4.27. The van der Waals surface area contributed by atoms with Crippen molar-refractivity contribution in [3.63, 3.8) is 0 Å². The van der Waals surface area contributed by atoms with Crippen LogP contribution in [0.25, 0.3) is 0 Å². The lowest BCUT2D eigenvalue weighted by atomic mass is 10.0. The van der Waals surface area contributed by atoms with Crippen molar-refractivity contribution in [2.24, 2.45) is 0 Å². The summed E-state index contributed by atoms with van der Waals surface area (Å²) in [5.41, 5.74) is 1.50. The predicted octanol–water partition coefficient (Wildman–Crippen LogP) is 5.82. The Hall–Kier alpha value is -3.07. The van der Waals surface area contributed by atoms with Gasteiger partial charge in [0.05, 0.1) is 0 Å². The summed E-state index contributed by atoms with van der Waals surface area (Å²) in [6.07, 6.45) is 0. The van der Waals surface area contributed by atoms with E-state index >= 15 is 0 Å². The van der Waals surface area contributed by atoms with E-state index in [1.165, 1.54) is 0 Å². The molecule has 0 atom stereocenters. The third-order valence-electron chi connectivity index (χ3n) is 3.82. The van der Waals surface area contributed by atoms with Gasteiger partial charge in [0, 0.05) is 0 Å². The van der Waals surface area contributed by atoms with Crippen molar-refractivity contribution in [3.05, 3.63) is 90.0 Å². The first-order valence-corrected chi connectivity index (χ1v) is 8.27. The van der Waals surface area contributed by atoms with Crippen molar-refractivity contribution < 1.29 is 14.3 Å². The lowest BCUT2D eigenvalue weighted by molar-refractivity contribution is 0.0732. The number of ether oxygens (including phenoxy) is 2. The molecule has 25 heavy (non-hydrogen) atoms. The lowest BCUT2D eigenvalue weighted by Gasteiger charge is -2.14. The summed E-state index contributed by atoms with van der Waals surface area (Å²) >= 11 is 0. The summed E-state index contributed by atoms with van der Waals surface area (Å²) in [7, 11) is 0. The molecule has 0 unspecified atom stereocenters. The molecular weight excluding hydrogens is 312 g/mol. The number of carbonyl (C=O) groups excluding carboxylic acids is 1. The van der Waals surface area contributed by atoms with E-state index in [1.54, 1.807) is 18.2 Å². The largest absolute Gasteiger partial charge is 0.456 e. The molecule has 3 nitrogen and oxygen atoms in total. The van der Waals surface area contributed by atoms with Gasteiger partial charge in [0.25, 0.3) is 0 Å². The van der Waals surface area contributed by atoms with E-state index in [9.17, 15) is 4.79 Å². The Kier molecular flexibility index (Phi) is 5.14. The van der Waals surface area contributed by atoms with Crippen molar-refractivity contribution in [3.8, 4) is 17.2 Å². The van der Waals surface area contributed by atoms with Gasteiger partial charge in [-0.2, -0.15) is 0 Å². The summed E-state index contributed by atoms with van der Waals surface area (Å²) in [4.78, 5) is 12.6. The molecule has 0 heterocycles. The van der Waals surface area contributed by atoms with Crippen LogP contribution < -0.4 is 9.47 Å². The van der Waals surface area contributed by atoms with Crippen molar-refractivity contribution in [2.75, 3.05) is 0 Å².